The second-order valence-corrected chi connectivity index (χ2v) is 3.72. The Kier molecular flexibility index (Phi) is 3.67. The van der Waals surface area contributed by atoms with Gasteiger partial charge in [0.25, 0.3) is 0 Å². The molecule has 0 bridgehead atoms. The molecule has 0 N–H and O–H groups in total. The summed E-state index contributed by atoms with van der Waals surface area (Å²) in [5.74, 6) is 0.477. The van der Waals surface area contributed by atoms with Gasteiger partial charge in [-0.3, -0.25) is 4.79 Å². The Balaban J connectivity index is 2.13. The zero-order chi connectivity index (χ0) is 13.0. The van der Waals surface area contributed by atoms with Crippen LogP contribution in [0.3, 0.4) is 0 Å². The minimum absolute atomic E-state index is 0.0210. The van der Waals surface area contributed by atoms with E-state index in [0.717, 1.165) is 0 Å². The number of hydrogen-bond donors (Lipinski definition) is 0. The standard InChI is InChI=1S/C14H12FNO2/c1-2-14(17)13-7-6-12(9-16-13)18-11-5-3-4-10(15)8-11/h3-9H,2H2,1H3. The molecular weight excluding hydrogens is 233 g/mol. The van der Waals surface area contributed by atoms with Gasteiger partial charge in [-0.25, -0.2) is 9.37 Å². The minimum Gasteiger partial charge on any atom is -0.456 e. The molecule has 0 unspecified atom stereocenters. The number of aromatic nitrogens is 1. The van der Waals surface area contributed by atoms with Crippen LogP contribution < -0.4 is 4.74 Å². The highest BCUT2D eigenvalue weighted by Gasteiger charge is 2.05. The summed E-state index contributed by atoms with van der Waals surface area (Å²) in [6, 6.07) is 9.07. The number of rotatable bonds is 4. The molecule has 1 aromatic heterocycles. The molecule has 0 radical (unpaired) electrons. The Morgan fingerprint density at radius 2 is 2.11 bits per heavy atom. The van der Waals surface area contributed by atoms with Crippen LogP contribution in [0.2, 0.25) is 0 Å². The van der Waals surface area contributed by atoms with E-state index in [2.05, 4.69) is 4.98 Å². The van der Waals surface area contributed by atoms with Gasteiger partial charge in [-0.05, 0) is 24.3 Å². The molecule has 0 aliphatic rings. The van der Waals surface area contributed by atoms with Crippen molar-refractivity contribution in [1.29, 1.82) is 0 Å². The predicted molar refractivity (Wildman–Crippen MR) is 65.3 cm³/mol. The minimum atomic E-state index is -0.363. The highest BCUT2D eigenvalue weighted by atomic mass is 19.1. The van der Waals surface area contributed by atoms with Crippen molar-refractivity contribution in [2.75, 3.05) is 0 Å². The van der Waals surface area contributed by atoms with Crippen molar-refractivity contribution in [1.82, 2.24) is 4.98 Å². The topological polar surface area (TPSA) is 39.2 Å². The largest absolute Gasteiger partial charge is 0.456 e. The summed E-state index contributed by atoms with van der Waals surface area (Å²) in [6.45, 7) is 1.78. The summed E-state index contributed by atoms with van der Waals surface area (Å²) < 4.78 is 18.4. The van der Waals surface area contributed by atoms with Crippen LogP contribution in [0.5, 0.6) is 11.5 Å². The zero-order valence-corrected chi connectivity index (χ0v) is 9.89. The Hall–Kier alpha value is -2.23. The first-order chi connectivity index (χ1) is 8.69. The van der Waals surface area contributed by atoms with Gasteiger partial charge in [0.2, 0.25) is 0 Å². The molecule has 0 aliphatic heterocycles. The zero-order valence-electron chi connectivity index (χ0n) is 9.89. The number of hydrogen-bond acceptors (Lipinski definition) is 3. The molecule has 2 aromatic rings. The number of Topliss-reactive ketones (excluding diaryl/α,β-unsaturated/α-hetero) is 1. The molecule has 0 aliphatic carbocycles. The first kappa shape index (κ1) is 12.2. The summed E-state index contributed by atoms with van der Waals surface area (Å²) in [7, 11) is 0. The molecule has 0 atom stereocenters. The summed E-state index contributed by atoms with van der Waals surface area (Å²) in [5, 5.41) is 0. The van der Waals surface area contributed by atoms with Gasteiger partial charge in [-0.2, -0.15) is 0 Å². The third kappa shape index (κ3) is 2.91. The maximum atomic E-state index is 12.9. The molecule has 0 spiro atoms. The van der Waals surface area contributed by atoms with Crippen LogP contribution in [0, 0.1) is 5.82 Å². The SMILES string of the molecule is CCC(=O)c1ccc(Oc2cccc(F)c2)cn1. The lowest BCUT2D eigenvalue weighted by atomic mass is 10.2. The van der Waals surface area contributed by atoms with Gasteiger partial charge in [0.15, 0.2) is 5.78 Å². The van der Waals surface area contributed by atoms with Gasteiger partial charge >= 0.3 is 0 Å². The van der Waals surface area contributed by atoms with Crippen molar-refractivity contribution < 1.29 is 13.9 Å². The van der Waals surface area contributed by atoms with Crippen molar-refractivity contribution in [3.05, 3.63) is 54.1 Å². The van der Waals surface area contributed by atoms with Crippen LogP contribution in [0.15, 0.2) is 42.6 Å². The van der Waals surface area contributed by atoms with E-state index in [0.29, 0.717) is 23.6 Å². The molecule has 1 aromatic carbocycles. The van der Waals surface area contributed by atoms with E-state index in [1.165, 1.54) is 18.3 Å². The van der Waals surface area contributed by atoms with E-state index < -0.39 is 0 Å². The number of benzene rings is 1. The number of ketones is 1. The van der Waals surface area contributed by atoms with Gasteiger partial charge in [-0.15, -0.1) is 0 Å². The predicted octanol–water partition coefficient (Wildman–Crippen LogP) is 3.61. The van der Waals surface area contributed by atoms with Gasteiger partial charge in [0.05, 0.1) is 6.20 Å². The van der Waals surface area contributed by atoms with Crippen molar-refractivity contribution in [2.45, 2.75) is 13.3 Å². The number of ether oxygens (including phenoxy) is 1. The number of carbonyl (C=O) groups excluding carboxylic acids is 1. The van der Waals surface area contributed by atoms with E-state index in [-0.39, 0.29) is 11.6 Å². The fourth-order valence-corrected chi connectivity index (χ4v) is 1.45. The normalized spacial score (nSPS) is 10.1. The van der Waals surface area contributed by atoms with Crippen molar-refractivity contribution >= 4 is 5.78 Å². The van der Waals surface area contributed by atoms with E-state index in [9.17, 15) is 9.18 Å². The monoisotopic (exact) mass is 245 g/mol. The van der Waals surface area contributed by atoms with Crippen LogP contribution in [0.25, 0.3) is 0 Å². The van der Waals surface area contributed by atoms with Crippen molar-refractivity contribution in [3.8, 4) is 11.5 Å². The average Bonchev–Trinajstić information content (AvgIpc) is 2.39. The third-order valence-corrected chi connectivity index (χ3v) is 2.37. The summed E-state index contributed by atoms with van der Waals surface area (Å²) in [5.41, 5.74) is 0.407. The third-order valence-electron chi connectivity index (χ3n) is 2.37. The number of nitrogens with zero attached hydrogens (tertiary/aromatic N) is 1. The van der Waals surface area contributed by atoms with E-state index in [1.54, 1.807) is 31.2 Å². The van der Waals surface area contributed by atoms with Gasteiger partial charge in [-0.1, -0.05) is 13.0 Å². The lowest BCUT2D eigenvalue weighted by Gasteiger charge is -2.05. The Bertz CT molecular complexity index is 552. The maximum absolute atomic E-state index is 12.9. The highest BCUT2D eigenvalue weighted by molar-refractivity contribution is 5.93. The van der Waals surface area contributed by atoms with Crippen molar-refractivity contribution in [2.24, 2.45) is 0 Å². The lowest BCUT2D eigenvalue weighted by molar-refractivity contribution is 0.0983. The van der Waals surface area contributed by atoms with Crippen molar-refractivity contribution in [3.63, 3.8) is 0 Å². The maximum Gasteiger partial charge on any atom is 0.180 e. The lowest BCUT2D eigenvalue weighted by Crippen LogP contribution is -1.99. The van der Waals surface area contributed by atoms with Crippen LogP contribution >= 0.6 is 0 Å². The average molecular weight is 245 g/mol. The highest BCUT2D eigenvalue weighted by Crippen LogP contribution is 2.21. The van der Waals surface area contributed by atoms with Crippen LogP contribution in [0.1, 0.15) is 23.8 Å². The molecule has 0 fully saturated rings. The fraction of sp³-hybridized carbons (Fsp3) is 0.143. The first-order valence-electron chi connectivity index (χ1n) is 5.61. The molecule has 92 valence electrons. The van der Waals surface area contributed by atoms with Gasteiger partial charge in [0.1, 0.15) is 23.0 Å². The Morgan fingerprint density at radius 1 is 1.28 bits per heavy atom. The van der Waals surface area contributed by atoms with E-state index in [1.807, 2.05) is 0 Å². The molecular formula is C14H12FNO2. The second kappa shape index (κ2) is 5.40. The van der Waals surface area contributed by atoms with Gasteiger partial charge in [0, 0.05) is 12.5 Å². The molecule has 0 saturated heterocycles. The first-order valence-corrected chi connectivity index (χ1v) is 5.61. The summed E-state index contributed by atoms with van der Waals surface area (Å²) in [6.07, 6.45) is 1.87. The van der Waals surface area contributed by atoms with Crippen LogP contribution in [0.4, 0.5) is 4.39 Å². The molecule has 1 heterocycles. The summed E-state index contributed by atoms with van der Waals surface area (Å²) >= 11 is 0. The van der Waals surface area contributed by atoms with E-state index >= 15 is 0 Å². The fourth-order valence-electron chi connectivity index (χ4n) is 1.45. The molecule has 0 saturated carbocycles. The second-order valence-electron chi connectivity index (χ2n) is 3.72. The van der Waals surface area contributed by atoms with Crippen LogP contribution in [-0.2, 0) is 0 Å². The molecule has 18 heavy (non-hydrogen) atoms. The molecule has 3 nitrogen and oxygen atoms in total. The molecule has 2 rings (SSSR count). The molecule has 4 heteroatoms. The quantitative estimate of drug-likeness (QED) is 0.772. The molecule has 0 amide bonds. The Morgan fingerprint density at radius 3 is 2.72 bits per heavy atom. The van der Waals surface area contributed by atoms with Gasteiger partial charge < -0.3 is 4.74 Å². The van der Waals surface area contributed by atoms with E-state index in [4.69, 9.17) is 4.74 Å². The number of halogens is 1. The number of carbonyl (C=O) groups is 1. The smallest absolute Gasteiger partial charge is 0.180 e. The van der Waals surface area contributed by atoms with Crippen LogP contribution in [-0.4, -0.2) is 10.8 Å². The Labute approximate surface area is 104 Å². The number of pyridine rings is 1. The summed E-state index contributed by atoms with van der Waals surface area (Å²) in [4.78, 5) is 15.4.